The van der Waals surface area contributed by atoms with E-state index in [0.717, 1.165) is 115 Å². The van der Waals surface area contributed by atoms with E-state index in [4.69, 9.17) is 37.0 Å². The van der Waals surface area contributed by atoms with Crippen molar-refractivity contribution in [3.8, 4) is 0 Å². The van der Waals surface area contributed by atoms with Gasteiger partial charge in [-0.15, -0.1) is 0 Å². The molecule has 0 saturated heterocycles. The van der Waals surface area contributed by atoms with Gasteiger partial charge in [-0.3, -0.25) is 37.3 Å². The molecule has 570 valence electrons. The third-order valence-corrected chi connectivity index (χ3v) is 20.2. The first-order valence-corrected chi connectivity index (χ1v) is 43.0. The van der Waals surface area contributed by atoms with E-state index in [0.29, 0.717) is 25.7 Å². The molecule has 0 aromatic rings. The van der Waals surface area contributed by atoms with Crippen molar-refractivity contribution >= 4 is 39.5 Å². The summed E-state index contributed by atoms with van der Waals surface area (Å²) in [6.07, 6.45) is 56.9. The molecular weight excluding hydrogens is 1260 g/mol. The third-order valence-electron chi connectivity index (χ3n) is 18.3. The van der Waals surface area contributed by atoms with E-state index in [9.17, 15) is 43.2 Å². The first kappa shape index (κ1) is 94.1. The van der Waals surface area contributed by atoms with Crippen LogP contribution in [-0.4, -0.2) is 96.7 Å². The SMILES string of the molecule is CCCCCCCCCCCCCCCCC(=O)O[C@H](COC(=O)CCCCCCCCC)COP(=O)(O)OC[C@H](O)COP(=O)(O)OC[C@@H](COC(=O)CCCCCCCCCCCCC(C)CC)OC(=O)CCCCCCCCCCCCCCCCCCCCC(C)C. The number of carbonyl (C=O) groups is 4. The maximum absolute atomic E-state index is 13.1. The van der Waals surface area contributed by atoms with Crippen molar-refractivity contribution in [2.24, 2.45) is 11.8 Å². The first-order valence-electron chi connectivity index (χ1n) is 40.0. The smallest absolute Gasteiger partial charge is 0.462 e. The van der Waals surface area contributed by atoms with Gasteiger partial charge in [0.15, 0.2) is 12.2 Å². The number of hydrogen-bond donors (Lipinski definition) is 3. The van der Waals surface area contributed by atoms with Gasteiger partial charge in [-0.05, 0) is 37.5 Å². The van der Waals surface area contributed by atoms with Crippen LogP contribution >= 0.6 is 15.6 Å². The molecule has 0 aromatic heterocycles. The maximum Gasteiger partial charge on any atom is 0.472 e. The fourth-order valence-corrected chi connectivity index (χ4v) is 13.4. The molecule has 17 nitrogen and oxygen atoms in total. The Kier molecular flexibility index (Phi) is 67.4. The predicted octanol–water partition coefficient (Wildman–Crippen LogP) is 22.7. The molecule has 0 rings (SSSR count). The van der Waals surface area contributed by atoms with Crippen molar-refractivity contribution in [1.82, 2.24) is 0 Å². The van der Waals surface area contributed by atoms with E-state index in [1.54, 1.807) is 0 Å². The summed E-state index contributed by atoms with van der Waals surface area (Å²) in [5, 5.41) is 10.6. The van der Waals surface area contributed by atoms with Crippen molar-refractivity contribution in [3.63, 3.8) is 0 Å². The van der Waals surface area contributed by atoms with Crippen molar-refractivity contribution in [3.05, 3.63) is 0 Å². The molecule has 0 bridgehead atoms. The highest BCUT2D eigenvalue weighted by Crippen LogP contribution is 2.45. The number of aliphatic hydroxyl groups excluding tert-OH is 1. The summed E-state index contributed by atoms with van der Waals surface area (Å²) < 4.78 is 68.5. The first-order chi connectivity index (χ1) is 46.4. The highest BCUT2D eigenvalue weighted by Gasteiger charge is 2.30. The van der Waals surface area contributed by atoms with Gasteiger partial charge < -0.3 is 33.8 Å². The highest BCUT2D eigenvalue weighted by molar-refractivity contribution is 7.47. The number of rotatable bonds is 76. The van der Waals surface area contributed by atoms with Crippen molar-refractivity contribution < 1.29 is 80.2 Å². The molecule has 0 radical (unpaired) electrons. The summed E-state index contributed by atoms with van der Waals surface area (Å²) in [7, 11) is -9.91. The lowest BCUT2D eigenvalue weighted by atomic mass is 9.99. The summed E-state index contributed by atoms with van der Waals surface area (Å²) in [5.41, 5.74) is 0. The number of carbonyl (C=O) groups excluding carboxylic acids is 4. The van der Waals surface area contributed by atoms with Crippen LogP contribution in [0.15, 0.2) is 0 Å². The van der Waals surface area contributed by atoms with Gasteiger partial charge in [0.05, 0.1) is 26.4 Å². The second kappa shape index (κ2) is 68.8. The molecule has 19 heteroatoms. The van der Waals surface area contributed by atoms with Crippen LogP contribution in [0.2, 0.25) is 0 Å². The lowest BCUT2D eigenvalue weighted by Crippen LogP contribution is -2.30. The van der Waals surface area contributed by atoms with Crippen LogP contribution in [-0.2, 0) is 65.4 Å². The van der Waals surface area contributed by atoms with Gasteiger partial charge in [0.1, 0.15) is 19.3 Å². The normalized spacial score (nSPS) is 14.3. The Bertz CT molecular complexity index is 1860. The Morgan fingerprint density at radius 2 is 0.531 bits per heavy atom. The van der Waals surface area contributed by atoms with Crippen LogP contribution in [0.25, 0.3) is 0 Å². The minimum absolute atomic E-state index is 0.108. The van der Waals surface area contributed by atoms with Crippen LogP contribution in [0.1, 0.15) is 401 Å². The van der Waals surface area contributed by atoms with Gasteiger partial charge in [-0.2, -0.15) is 0 Å². The van der Waals surface area contributed by atoms with Gasteiger partial charge in [-0.1, -0.05) is 350 Å². The second-order valence-electron chi connectivity index (χ2n) is 28.5. The zero-order valence-corrected chi connectivity index (χ0v) is 64.5. The highest BCUT2D eigenvalue weighted by atomic mass is 31.2. The van der Waals surface area contributed by atoms with E-state index >= 15 is 0 Å². The minimum Gasteiger partial charge on any atom is -0.462 e. The minimum atomic E-state index is -4.96. The number of unbranched alkanes of at least 4 members (excludes halogenated alkanes) is 45. The van der Waals surface area contributed by atoms with E-state index < -0.39 is 97.5 Å². The molecule has 3 unspecified atom stereocenters. The standard InChI is InChI=1S/C77H150O17P2/c1-7-10-12-14-16-17-18-19-27-30-37-43-49-55-61-76(81)93-72(65-87-74(79)59-53-47-39-15-13-11-8-2)67-91-95(83,84)89-63-71(78)64-90-96(85,86)92-68-73(66-88-75(80)60-54-48-42-36-33-32-35-41-46-52-58-70(6)9-3)94-77(82)62-56-50-44-38-31-28-25-23-21-20-22-24-26-29-34-40-45-51-57-69(4)5/h69-73,78H,7-68H2,1-6H3,(H,83,84)(H,85,86)/t70?,71-,72+,73+/m0/s1. The fourth-order valence-electron chi connectivity index (χ4n) is 11.8. The third kappa shape index (κ3) is 69.2. The zero-order valence-electron chi connectivity index (χ0n) is 62.7. The molecule has 0 aliphatic rings. The van der Waals surface area contributed by atoms with Gasteiger partial charge in [-0.25, -0.2) is 9.13 Å². The van der Waals surface area contributed by atoms with Gasteiger partial charge >= 0.3 is 39.5 Å². The topological polar surface area (TPSA) is 237 Å². The van der Waals surface area contributed by atoms with Crippen LogP contribution in [0.4, 0.5) is 0 Å². The average molecular weight is 1410 g/mol. The zero-order chi connectivity index (χ0) is 70.7. The van der Waals surface area contributed by atoms with Crippen molar-refractivity contribution in [2.45, 2.75) is 419 Å². The van der Waals surface area contributed by atoms with Crippen LogP contribution in [0, 0.1) is 11.8 Å². The lowest BCUT2D eigenvalue weighted by molar-refractivity contribution is -0.161. The number of phosphoric acid groups is 2. The van der Waals surface area contributed by atoms with Gasteiger partial charge in [0.2, 0.25) is 0 Å². The second-order valence-corrected chi connectivity index (χ2v) is 31.4. The van der Waals surface area contributed by atoms with Crippen molar-refractivity contribution in [2.75, 3.05) is 39.6 Å². The number of ether oxygens (including phenoxy) is 4. The summed E-state index contributed by atoms with van der Waals surface area (Å²) in [6.45, 7) is 9.63. The van der Waals surface area contributed by atoms with Crippen molar-refractivity contribution in [1.29, 1.82) is 0 Å². The van der Waals surface area contributed by atoms with E-state index in [1.165, 1.54) is 205 Å². The Morgan fingerprint density at radius 3 is 0.792 bits per heavy atom. The molecule has 0 fully saturated rings. The van der Waals surface area contributed by atoms with Gasteiger partial charge in [0.25, 0.3) is 0 Å². The van der Waals surface area contributed by atoms with E-state index in [1.807, 2.05) is 0 Å². The number of aliphatic hydroxyl groups is 1. The predicted molar refractivity (Wildman–Crippen MR) is 391 cm³/mol. The molecule has 0 aliphatic carbocycles. The largest absolute Gasteiger partial charge is 0.472 e. The average Bonchev–Trinajstić information content (AvgIpc) is 1.41. The van der Waals surface area contributed by atoms with Gasteiger partial charge in [0, 0.05) is 25.7 Å². The van der Waals surface area contributed by atoms with E-state index in [2.05, 4.69) is 41.5 Å². The Morgan fingerprint density at radius 1 is 0.302 bits per heavy atom. The van der Waals surface area contributed by atoms with Crippen LogP contribution in [0.3, 0.4) is 0 Å². The Hall–Kier alpha value is -1.94. The summed E-state index contributed by atoms with van der Waals surface area (Å²) in [6, 6.07) is 0. The monoisotopic (exact) mass is 1410 g/mol. The molecule has 3 N–H and O–H groups in total. The Balaban J connectivity index is 5.17. The number of phosphoric ester groups is 2. The molecule has 96 heavy (non-hydrogen) atoms. The molecular formula is C77H150O17P2. The molecule has 0 heterocycles. The molecule has 0 saturated carbocycles. The quantitative estimate of drug-likeness (QED) is 0.0222. The number of esters is 4. The molecule has 0 aromatic carbocycles. The molecule has 0 amide bonds. The van der Waals surface area contributed by atoms with Crippen LogP contribution in [0.5, 0.6) is 0 Å². The summed E-state index contributed by atoms with van der Waals surface area (Å²) in [4.78, 5) is 72.7. The molecule has 0 aliphatic heterocycles. The van der Waals surface area contributed by atoms with E-state index in [-0.39, 0.29) is 25.7 Å². The lowest BCUT2D eigenvalue weighted by Gasteiger charge is -2.21. The molecule has 0 spiro atoms. The summed E-state index contributed by atoms with van der Waals surface area (Å²) in [5.74, 6) is -0.488. The fraction of sp³-hybridized carbons (Fsp3) is 0.948. The maximum atomic E-state index is 13.1. The summed E-state index contributed by atoms with van der Waals surface area (Å²) >= 11 is 0. The Labute approximate surface area is 588 Å². The number of hydrogen-bond acceptors (Lipinski definition) is 15. The molecule has 6 atom stereocenters. The van der Waals surface area contributed by atoms with Crippen LogP contribution < -0.4 is 0 Å².